The molecule has 0 radical (unpaired) electrons. The van der Waals surface area contributed by atoms with Gasteiger partial charge in [0.05, 0.1) is 5.69 Å². The first-order chi connectivity index (χ1) is 12.5. The molecular formula is C16H11ClN6O2S. The number of benzene rings is 1. The summed E-state index contributed by atoms with van der Waals surface area (Å²) in [5.74, 6) is -0.150. The van der Waals surface area contributed by atoms with Gasteiger partial charge in [0, 0.05) is 22.2 Å². The standard InChI is InChI=1S/C16H11ClN6O2S/c1-8-7-26-16-21-15(22-23(8)16)20-14(25)11-6-18-12(19-13(11)24)9-2-4-10(17)5-3-9/h2-7H,1H3,(H,18,19,24)(H,20,22,25). The Balaban J connectivity index is 1.59. The van der Waals surface area contributed by atoms with Gasteiger partial charge >= 0.3 is 0 Å². The fourth-order valence-electron chi connectivity index (χ4n) is 2.32. The van der Waals surface area contributed by atoms with E-state index in [0.717, 1.165) is 5.69 Å². The van der Waals surface area contributed by atoms with Gasteiger partial charge in [-0.2, -0.15) is 4.98 Å². The minimum atomic E-state index is -0.627. The number of anilines is 1. The van der Waals surface area contributed by atoms with Gasteiger partial charge in [0.1, 0.15) is 11.4 Å². The molecule has 4 aromatic rings. The maximum atomic E-state index is 12.3. The lowest BCUT2D eigenvalue weighted by molar-refractivity contribution is 0.102. The van der Waals surface area contributed by atoms with Gasteiger partial charge in [0.2, 0.25) is 4.96 Å². The molecule has 3 aromatic heterocycles. The molecule has 2 N–H and O–H groups in total. The number of nitrogens with zero attached hydrogens (tertiary/aromatic N) is 4. The molecule has 8 nitrogen and oxygen atoms in total. The topological polar surface area (TPSA) is 105 Å². The van der Waals surface area contributed by atoms with Crippen molar-refractivity contribution in [3.8, 4) is 11.4 Å². The number of aromatic amines is 1. The number of carbonyl (C=O) groups excluding carboxylic acids is 1. The van der Waals surface area contributed by atoms with Gasteiger partial charge < -0.3 is 4.98 Å². The molecule has 0 unspecified atom stereocenters. The predicted octanol–water partition coefficient (Wildman–Crippen LogP) is 2.76. The monoisotopic (exact) mass is 386 g/mol. The third-order valence-corrected chi connectivity index (χ3v) is 4.82. The number of hydrogen-bond donors (Lipinski definition) is 2. The molecule has 1 amide bonds. The number of hydrogen-bond acceptors (Lipinski definition) is 6. The minimum Gasteiger partial charge on any atom is -0.306 e. The number of thiazole rings is 1. The average molecular weight is 387 g/mol. The molecule has 3 heterocycles. The Hall–Kier alpha value is -3.04. The molecule has 0 atom stereocenters. The predicted molar refractivity (Wildman–Crippen MR) is 98.9 cm³/mol. The van der Waals surface area contributed by atoms with E-state index in [1.165, 1.54) is 17.5 Å². The second kappa shape index (κ2) is 6.36. The fourth-order valence-corrected chi connectivity index (χ4v) is 3.25. The van der Waals surface area contributed by atoms with Crippen LogP contribution >= 0.6 is 22.9 Å². The van der Waals surface area contributed by atoms with Crippen LogP contribution in [0.2, 0.25) is 5.02 Å². The Labute approximate surface area is 155 Å². The first-order valence-corrected chi connectivity index (χ1v) is 8.74. The van der Waals surface area contributed by atoms with Crippen molar-refractivity contribution in [3.05, 3.63) is 62.5 Å². The summed E-state index contributed by atoms with van der Waals surface area (Å²) in [6, 6.07) is 6.83. The summed E-state index contributed by atoms with van der Waals surface area (Å²) in [7, 11) is 0. The van der Waals surface area contributed by atoms with Crippen LogP contribution in [0.4, 0.5) is 5.95 Å². The zero-order valence-electron chi connectivity index (χ0n) is 13.4. The van der Waals surface area contributed by atoms with Crippen molar-refractivity contribution in [1.29, 1.82) is 0 Å². The largest absolute Gasteiger partial charge is 0.306 e. The van der Waals surface area contributed by atoms with Crippen molar-refractivity contribution in [3.63, 3.8) is 0 Å². The molecule has 0 aliphatic rings. The molecule has 10 heteroatoms. The third-order valence-electron chi connectivity index (χ3n) is 3.63. The van der Waals surface area contributed by atoms with Crippen molar-refractivity contribution >= 4 is 39.8 Å². The molecule has 1 aromatic carbocycles. The van der Waals surface area contributed by atoms with Gasteiger partial charge in [0.15, 0.2) is 0 Å². The number of aryl methyl sites for hydroxylation is 1. The number of halogens is 1. The maximum absolute atomic E-state index is 12.3. The Bertz CT molecular complexity index is 1180. The lowest BCUT2D eigenvalue weighted by Gasteiger charge is -2.03. The number of H-pyrrole nitrogens is 1. The number of amides is 1. The van der Waals surface area contributed by atoms with E-state index in [-0.39, 0.29) is 11.5 Å². The van der Waals surface area contributed by atoms with Gasteiger partial charge in [-0.25, -0.2) is 9.50 Å². The number of fused-ring (bicyclic) bond motifs is 1. The van der Waals surface area contributed by atoms with E-state index < -0.39 is 11.5 Å². The van der Waals surface area contributed by atoms with Crippen molar-refractivity contribution in [2.45, 2.75) is 6.92 Å². The van der Waals surface area contributed by atoms with E-state index in [1.807, 2.05) is 12.3 Å². The number of nitrogens with one attached hydrogen (secondary N) is 2. The molecular weight excluding hydrogens is 376 g/mol. The van der Waals surface area contributed by atoms with Crippen molar-refractivity contribution < 1.29 is 4.79 Å². The Kier molecular flexibility index (Phi) is 4.02. The van der Waals surface area contributed by atoms with Crippen molar-refractivity contribution in [2.24, 2.45) is 0 Å². The minimum absolute atomic E-state index is 0.127. The third kappa shape index (κ3) is 2.98. The van der Waals surface area contributed by atoms with Crippen LogP contribution < -0.4 is 10.9 Å². The second-order valence-electron chi connectivity index (χ2n) is 5.44. The summed E-state index contributed by atoms with van der Waals surface area (Å²) in [6.45, 7) is 1.88. The highest BCUT2D eigenvalue weighted by atomic mass is 35.5. The zero-order valence-corrected chi connectivity index (χ0v) is 14.9. The van der Waals surface area contributed by atoms with Crippen LogP contribution in [0.3, 0.4) is 0 Å². The molecule has 0 saturated carbocycles. The first kappa shape index (κ1) is 16.4. The lowest BCUT2D eigenvalue weighted by Crippen LogP contribution is -2.24. The van der Waals surface area contributed by atoms with Crippen LogP contribution in [-0.4, -0.2) is 30.5 Å². The Morgan fingerprint density at radius 3 is 2.77 bits per heavy atom. The average Bonchev–Trinajstić information content (AvgIpc) is 3.17. The fraction of sp³-hybridized carbons (Fsp3) is 0.0625. The molecule has 0 aliphatic heterocycles. The molecule has 0 spiro atoms. The molecule has 0 fully saturated rings. The molecule has 0 bridgehead atoms. The van der Waals surface area contributed by atoms with Gasteiger partial charge in [-0.15, -0.1) is 16.4 Å². The highest BCUT2D eigenvalue weighted by Gasteiger charge is 2.16. The molecule has 0 saturated heterocycles. The summed E-state index contributed by atoms with van der Waals surface area (Å²) >= 11 is 7.26. The molecule has 0 aliphatic carbocycles. The lowest BCUT2D eigenvalue weighted by atomic mass is 10.2. The van der Waals surface area contributed by atoms with Gasteiger partial charge in [-0.1, -0.05) is 11.6 Å². The van der Waals surface area contributed by atoms with E-state index in [1.54, 1.807) is 28.8 Å². The first-order valence-electron chi connectivity index (χ1n) is 7.49. The SMILES string of the molecule is Cc1csc2nc(NC(=O)c3cnc(-c4ccc(Cl)cc4)[nH]c3=O)nn12. The van der Waals surface area contributed by atoms with E-state index in [2.05, 4.69) is 25.4 Å². The Morgan fingerprint density at radius 1 is 1.31 bits per heavy atom. The number of rotatable bonds is 3. The van der Waals surface area contributed by atoms with Crippen molar-refractivity contribution in [2.75, 3.05) is 5.32 Å². The van der Waals surface area contributed by atoms with E-state index in [4.69, 9.17) is 11.6 Å². The van der Waals surface area contributed by atoms with Crippen LogP contribution in [0.15, 0.2) is 40.6 Å². The maximum Gasteiger partial charge on any atom is 0.265 e. The van der Waals surface area contributed by atoms with Crippen molar-refractivity contribution in [1.82, 2.24) is 24.6 Å². The number of aromatic nitrogens is 5. The van der Waals surface area contributed by atoms with Crippen LogP contribution in [-0.2, 0) is 0 Å². The summed E-state index contributed by atoms with van der Waals surface area (Å²) in [5.41, 5.74) is 0.909. The quantitative estimate of drug-likeness (QED) is 0.563. The van der Waals surface area contributed by atoms with Gasteiger partial charge in [-0.05, 0) is 31.2 Å². The van der Waals surface area contributed by atoms with Crippen LogP contribution in [0.25, 0.3) is 16.3 Å². The van der Waals surface area contributed by atoms with Crippen LogP contribution in [0, 0.1) is 6.92 Å². The highest BCUT2D eigenvalue weighted by molar-refractivity contribution is 7.15. The summed E-state index contributed by atoms with van der Waals surface area (Å²) in [4.78, 5) is 36.2. The summed E-state index contributed by atoms with van der Waals surface area (Å²) in [5, 5.41) is 9.18. The molecule has 26 heavy (non-hydrogen) atoms. The molecule has 4 rings (SSSR count). The molecule has 130 valence electrons. The normalized spacial score (nSPS) is 11.0. The highest BCUT2D eigenvalue weighted by Crippen LogP contribution is 2.17. The van der Waals surface area contributed by atoms with E-state index in [0.29, 0.717) is 21.4 Å². The van der Waals surface area contributed by atoms with Crippen LogP contribution in [0.5, 0.6) is 0 Å². The Morgan fingerprint density at radius 2 is 2.08 bits per heavy atom. The van der Waals surface area contributed by atoms with Gasteiger partial charge in [0.25, 0.3) is 17.4 Å². The van der Waals surface area contributed by atoms with Crippen LogP contribution in [0.1, 0.15) is 16.1 Å². The number of carbonyl (C=O) groups is 1. The van der Waals surface area contributed by atoms with E-state index in [9.17, 15) is 9.59 Å². The van der Waals surface area contributed by atoms with E-state index >= 15 is 0 Å². The van der Waals surface area contributed by atoms with Gasteiger partial charge in [-0.3, -0.25) is 14.9 Å². The second-order valence-corrected chi connectivity index (χ2v) is 6.72. The smallest absolute Gasteiger partial charge is 0.265 e. The summed E-state index contributed by atoms with van der Waals surface area (Å²) in [6.07, 6.45) is 1.22. The summed E-state index contributed by atoms with van der Waals surface area (Å²) < 4.78 is 1.62. The zero-order chi connectivity index (χ0) is 18.3.